The number of H-pyrrole nitrogens is 1. The minimum Gasteiger partial charge on any atom is -0.364 e. The van der Waals surface area contributed by atoms with Gasteiger partial charge in [-0.25, -0.2) is 4.98 Å². The van der Waals surface area contributed by atoms with Crippen LogP contribution in [0.5, 0.6) is 0 Å². The molecule has 0 aliphatic rings. The van der Waals surface area contributed by atoms with E-state index >= 15 is 0 Å². The Bertz CT molecular complexity index is 740. The first-order chi connectivity index (χ1) is 11.0. The minimum absolute atomic E-state index is 0.304. The van der Waals surface area contributed by atoms with Gasteiger partial charge in [-0.05, 0) is 17.7 Å². The van der Waals surface area contributed by atoms with Gasteiger partial charge in [-0.15, -0.1) is 0 Å². The smallest absolute Gasteiger partial charge is 0.364 e. The SMILES string of the molecule is FC(F)(F)c1cccc(C(NCc2ccon2)c2ncn[nH]2)c1. The summed E-state index contributed by atoms with van der Waals surface area (Å²) in [7, 11) is 0. The van der Waals surface area contributed by atoms with Crippen molar-refractivity contribution in [3.8, 4) is 0 Å². The van der Waals surface area contributed by atoms with Crippen LogP contribution in [0.2, 0.25) is 0 Å². The molecule has 0 amide bonds. The van der Waals surface area contributed by atoms with Gasteiger partial charge in [0.25, 0.3) is 0 Å². The number of alkyl halides is 3. The lowest BCUT2D eigenvalue weighted by molar-refractivity contribution is -0.137. The molecule has 23 heavy (non-hydrogen) atoms. The highest BCUT2D eigenvalue weighted by Gasteiger charge is 2.31. The average molecular weight is 323 g/mol. The van der Waals surface area contributed by atoms with Crippen LogP contribution in [-0.4, -0.2) is 20.3 Å². The van der Waals surface area contributed by atoms with Gasteiger partial charge in [0.15, 0.2) is 0 Å². The van der Waals surface area contributed by atoms with E-state index in [-0.39, 0.29) is 0 Å². The zero-order valence-corrected chi connectivity index (χ0v) is 11.7. The summed E-state index contributed by atoms with van der Waals surface area (Å²) < 4.78 is 43.4. The quantitative estimate of drug-likeness (QED) is 0.755. The van der Waals surface area contributed by atoms with Crippen LogP contribution in [0.3, 0.4) is 0 Å². The van der Waals surface area contributed by atoms with Gasteiger partial charge in [0.1, 0.15) is 18.4 Å². The number of halogens is 3. The topological polar surface area (TPSA) is 79.6 Å². The van der Waals surface area contributed by atoms with Gasteiger partial charge >= 0.3 is 6.18 Å². The van der Waals surface area contributed by atoms with Crippen LogP contribution < -0.4 is 5.32 Å². The molecule has 0 saturated heterocycles. The molecule has 2 aromatic heterocycles. The fraction of sp³-hybridized carbons (Fsp3) is 0.214. The fourth-order valence-electron chi connectivity index (χ4n) is 2.16. The first-order valence-corrected chi connectivity index (χ1v) is 6.69. The Hall–Kier alpha value is -2.68. The summed E-state index contributed by atoms with van der Waals surface area (Å²) in [5.41, 5.74) is 0.323. The zero-order chi connectivity index (χ0) is 16.3. The Balaban J connectivity index is 1.89. The molecule has 0 bridgehead atoms. The van der Waals surface area contributed by atoms with Gasteiger partial charge < -0.3 is 4.52 Å². The number of aromatic amines is 1. The third-order valence-corrected chi connectivity index (χ3v) is 3.23. The molecule has 3 aromatic rings. The van der Waals surface area contributed by atoms with Gasteiger partial charge in [0.2, 0.25) is 0 Å². The Kier molecular flexibility index (Phi) is 4.11. The maximum Gasteiger partial charge on any atom is 0.416 e. The van der Waals surface area contributed by atoms with Crippen molar-refractivity contribution in [2.24, 2.45) is 0 Å². The highest BCUT2D eigenvalue weighted by atomic mass is 19.4. The lowest BCUT2D eigenvalue weighted by Gasteiger charge is -2.17. The molecule has 120 valence electrons. The molecule has 0 spiro atoms. The second kappa shape index (κ2) is 6.21. The Morgan fingerprint density at radius 1 is 1.26 bits per heavy atom. The molecule has 1 atom stereocenters. The molecule has 0 radical (unpaired) electrons. The molecule has 0 aliphatic carbocycles. The zero-order valence-electron chi connectivity index (χ0n) is 11.7. The van der Waals surface area contributed by atoms with Gasteiger partial charge in [0, 0.05) is 12.6 Å². The number of benzene rings is 1. The number of nitrogens with one attached hydrogen (secondary N) is 2. The maximum absolute atomic E-state index is 12.9. The van der Waals surface area contributed by atoms with E-state index in [4.69, 9.17) is 4.52 Å². The first-order valence-electron chi connectivity index (χ1n) is 6.69. The van der Waals surface area contributed by atoms with E-state index in [1.807, 2.05) is 0 Å². The molecule has 0 saturated carbocycles. The van der Waals surface area contributed by atoms with Crippen molar-refractivity contribution in [3.63, 3.8) is 0 Å². The standard InChI is InChI=1S/C14H12F3N5O/c15-14(16,17)10-3-1-2-9(6-10)12(13-19-8-20-21-13)18-7-11-4-5-23-22-11/h1-6,8,12,18H,7H2,(H,19,20,21). The number of aromatic nitrogens is 4. The number of hydrogen-bond donors (Lipinski definition) is 2. The highest BCUT2D eigenvalue weighted by Crippen LogP contribution is 2.31. The van der Waals surface area contributed by atoms with Crippen molar-refractivity contribution in [2.75, 3.05) is 0 Å². The van der Waals surface area contributed by atoms with Crippen LogP contribution in [0.4, 0.5) is 13.2 Å². The van der Waals surface area contributed by atoms with Crippen molar-refractivity contribution in [1.82, 2.24) is 25.7 Å². The maximum atomic E-state index is 12.9. The average Bonchev–Trinajstić information content (AvgIpc) is 3.20. The summed E-state index contributed by atoms with van der Waals surface area (Å²) in [4.78, 5) is 4.03. The minimum atomic E-state index is -4.41. The normalized spacial score (nSPS) is 13.2. The molecular weight excluding hydrogens is 311 g/mol. The lowest BCUT2D eigenvalue weighted by atomic mass is 10.0. The van der Waals surface area contributed by atoms with Gasteiger partial charge in [0.05, 0.1) is 17.3 Å². The third kappa shape index (κ3) is 3.57. The molecule has 2 heterocycles. The van der Waals surface area contributed by atoms with Crippen LogP contribution in [0.15, 0.2) is 47.4 Å². The van der Waals surface area contributed by atoms with Crippen LogP contribution in [0.1, 0.15) is 28.7 Å². The van der Waals surface area contributed by atoms with E-state index in [0.717, 1.165) is 12.1 Å². The molecular formula is C14H12F3N5O. The molecule has 1 unspecified atom stereocenters. The second-order valence-electron chi connectivity index (χ2n) is 4.80. The number of hydrogen-bond acceptors (Lipinski definition) is 5. The highest BCUT2D eigenvalue weighted by molar-refractivity contribution is 5.31. The molecule has 9 heteroatoms. The predicted molar refractivity (Wildman–Crippen MR) is 73.0 cm³/mol. The van der Waals surface area contributed by atoms with E-state index in [2.05, 4.69) is 25.7 Å². The summed E-state index contributed by atoms with van der Waals surface area (Å²) in [6, 6.07) is 6.15. The van der Waals surface area contributed by atoms with Crippen molar-refractivity contribution in [1.29, 1.82) is 0 Å². The predicted octanol–water partition coefficient (Wildman–Crippen LogP) is 2.69. The monoisotopic (exact) mass is 323 g/mol. The molecule has 0 aliphatic heterocycles. The third-order valence-electron chi connectivity index (χ3n) is 3.23. The van der Waals surface area contributed by atoms with E-state index < -0.39 is 17.8 Å². The summed E-state index contributed by atoms with van der Waals surface area (Å²) in [5, 5.41) is 13.3. The second-order valence-corrected chi connectivity index (χ2v) is 4.80. The Morgan fingerprint density at radius 3 is 2.78 bits per heavy atom. The number of rotatable bonds is 5. The van der Waals surface area contributed by atoms with Crippen molar-refractivity contribution in [3.05, 3.63) is 65.6 Å². The first kappa shape index (κ1) is 15.2. The molecule has 6 nitrogen and oxygen atoms in total. The molecule has 0 fully saturated rings. The van der Waals surface area contributed by atoms with E-state index in [9.17, 15) is 13.2 Å². The van der Waals surface area contributed by atoms with Crippen LogP contribution >= 0.6 is 0 Å². The Labute approximate surface area is 128 Å². The van der Waals surface area contributed by atoms with Crippen molar-refractivity contribution >= 4 is 0 Å². The molecule has 3 rings (SSSR count). The summed E-state index contributed by atoms with van der Waals surface area (Å²) >= 11 is 0. The lowest BCUT2D eigenvalue weighted by Crippen LogP contribution is -2.24. The van der Waals surface area contributed by atoms with Crippen molar-refractivity contribution < 1.29 is 17.7 Å². The van der Waals surface area contributed by atoms with Gasteiger partial charge in [-0.1, -0.05) is 17.3 Å². The molecule has 1 aromatic carbocycles. The van der Waals surface area contributed by atoms with Crippen LogP contribution in [0.25, 0.3) is 0 Å². The van der Waals surface area contributed by atoms with E-state index in [0.29, 0.717) is 23.6 Å². The summed E-state index contributed by atoms with van der Waals surface area (Å²) in [5.74, 6) is 0.410. The summed E-state index contributed by atoms with van der Waals surface area (Å²) in [6.07, 6.45) is -1.69. The van der Waals surface area contributed by atoms with Gasteiger partial charge in [-0.2, -0.15) is 18.3 Å². The molecule has 2 N–H and O–H groups in total. The van der Waals surface area contributed by atoms with Crippen LogP contribution in [-0.2, 0) is 12.7 Å². The Morgan fingerprint density at radius 2 is 2.13 bits per heavy atom. The van der Waals surface area contributed by atoms with Gasteiger partial charge in [-0.3, -0.25) is 10.4 Å². The van der Waals surface area contributed by atoms with E-state index in [1.54, 1.807) is 12.1 Å². The summed E-state index contributed by atoms with van der Waals surface area (Å²) in [6.45, 7) is 0.304. The number of nitrogens with zero attached hydrogens (tertiary/aromatic N) is 3. The largest absolute Gasteiger partial charge is 0.416 e. The van der Waals surface area contributed by atoms with Crippen molar-refractivity contribution in [2.45, 2.75) is 18.8 Å². The van der Waals surface area contributed by atoms with E-state index in [1.165, 1.54) is 18.7 Å². The fourth-order valence-corrected chi connectivity index (χ4v) is 2.16. The van der Waals surface area contributed by atoms with Crippen LogP contribution in [0, 0.1) is 0 Å².